The summed E-state index contributed by atoms with van der Waals surface area (Å²) in [7, 11) is 0. The van der Waals surface area contributed by atoms with Crippen LogP contribution in [0.4, 0.5) is 0 Å². The summed E-state index contributed by atoms with van der Waals surface area (Å²) < 4.78 is 0. The molecule has 13 heavy (non-hydrogen) atoms. The Morgan fingerprint density at radius 3 is 2.31 bits per heavy atom. The number of hydrogen-bond donors (Lipinski definition) is 1. The Kier molecular flexibility index (Phi) is 4.74. The number of nitrogens with one attached hydrogen (secondary N) is 1. The molecule has 0 radical (unpaired) electrons. The molecular weight excluding hydrogens is 182 g/mol. The molecule has 0 aromatic carbocycles. The lowest BCUT2D eigenvalue weighted by Crippen LogP contribution is -2.20. The van der Waals surface area contributed by atoms with Crippen molar-refractivity contribution in [3.8, 4) is 0 Å². The van der Waals surface area contributed by atoms with E-state index in [1.807, 2.05) is 6.92 Å². The third kappa shape index (κ3) is 5.45. The van der Waals surface area contributed by atoms with Gasteiger partial charge in [-0.3, -0.25) is 4.79 Å². The van der Waals surface area contributed by atoms with Gasteiger partial charge in [0.1, 0.15) is 0 Å². The van der Waals surface area contributed by atoms with Gasteiger partial charge in [0.05, 0.1) is 5.16 Å². The molecule has 0 bridgehead atoms. The van der Waals surface area contributed by atoms with Gasteiger partial charge in [-0.25, -0.2) is 5.41 Å². The van der Waals surface area contributed by atoms with Crippen LogP contribution in [0.25, 0.3) is 0 Å². The minimum absolute atomic E-state index is 0.204. The maximum absolute atomic E-state index is 11.0. The molecule has 1 rings (SSSR count). The summed E-state index contributed by atoms with van der Waals surface area (Å²) in [5.41, 5.74) is 1.43. The number of isothiocyanates is 1. The van der Waals surface area contributed by atoms with Crippen LogP contribution in [-0.2, 0) is 4.79 Å². The zero-order valence-electron chi connectivity index (χ0n) is 8.31. The summed E-state index contributed by atoms with van der Waals surface area (Å²) in [6, 6.07) is 0. The average molecular weight is 197 g/mol. The predicted molar refractivity (Wildman–Crippen MR) is 57.1 cm³/mol. The quantitative estimate of drug-likeness (QED) is 0.479. The highest BCUT2D eigenvalue weighted by molar-refractivity contribution is 7.78. The molecule has 2 nitrogen and oxygen atoms in total. The van der Waals surface area contributed by atoms with E-state index >= 15 is 0 Å². The smallest absolute Gasteiger partial charge is 0.156 e. The Morgan fingerprint density at radius 2 is 2.00 bits per heavy atom. The number of hydrogen-bond acceptors (Lipinski definition) is 3. The molecule has 0 saturated carbocycles. The largest absolute Gasteiger partial charge is 0.295 e. The molecular formula is C10H15NOS. The first kappa shape index (κ1) is 12.2. The lowest BCUT2D eigenvalue weighted by Gasteiger charge is -2.27. The van der Waals surface area contributed by atoms with Gasteiger partial charge in [-0.15, -0.1) is 0 Å². The molecule has 0 saturated heterocycles. The summed E-state index contributed by atoms with van der Waals surface area (Å²) >= 11 is 3.81. The van der Waals surface area contributed by atoms with Crippen LogP contribution in [-0.4, -0.2) is 10.9 Å². The second kappa shape index (κ2) is 5.05. The molecule has 0 aliphatic heterocycles. The molecule has 3 heteroatoms. The van der Waals surface area contributed by atoms with Crippen molar-refractivity contribution >= 4 is 23.2 Å². The van der Waals surface area contributed by atoms with Crippen molar-refractivity contribution in [1.82, 2.24) is 0 Å². The van der Waals surface area contributed by atoms with Crippen LogP contribution < -0.4 is 0 Å². The molecule has 0 fully saturated rings. The van der Waals surface area contributed by atoms with Gasteiger partial charge < -0.3 is 0 Å². The first-order valence-corrected chi connectivity index (χ1v) is 4.56. The van der Waals surface area contributed by atoms with E-state index in [9.17, 15) is 4.79 Å². The first-order valence-electron chi connectivity index (χ1n) is 4.15. The molecule has 0 heterocycles. The summed E-state index contributed by atoms with van der Waals surface area (Å²) in [5.74, 6) is 0.286. The predicted octanol–water partition coefficient (Wildman–Crippen LogP) is 2.99. The maximum atomic E-state index is 11.0. The van der Waals surface area contributed by atoms with Gasteiger partial charge in [-0.1, -0.05) is 19.4 Å². The highest BCUT2D eigenvalue weighted by atomic mass is 32.1. The first-order chi connectivity index (χ1) is 5.91. The lowest BCUT2D eigenvalue weighted by molar-refractivity contribution is -0.117. The van der Waals surface area contributed by atoms with Crippen molar-refractivity contribution in [2.75, 3.05) is 0 Å². The number of rotatable bonds is 0. The van der Waals surface area contributed by atoms with Gasteiger partial charge in [-0.2, -0.15) is 0 Å². The zero-order chi connectivity index (χ0) is 10.5. The number of carbonyl (C=O) groups excluding carboxylic acids is 1. The number of ketones is 1. The molecule has 0 amide bonds. The normalized spacial score (nSPS) is 19.3. The minimum atomic E-state index is 0.204. The Morgan fingerprint density at radius 1 is 1.54 bits per heavy atom. The molecule has 0 spiro atoms. The Labute approximate surface area is 84.5 Å². The summed E-state index contributed by atoms with van der Waals surface area (Å²) in [6.45, 7) is 6.31. The molecule has 1 N–H and O–H groups in total. The van der Waals surface area contributed by atoms with Crippen LogP contribution in [0.3, 0.4) is 0 Å². The summed E-state index contributed by atoms with van der Waals surface area (Å²) in [4.78, 5) is 11.0. The van der Waals surface area contributed by atoms with Crippen LogP contribution >= 0.6 is 12.2 Å². The average Bonchev–Trinajstić information content (AvgIpc) is 1.81. The van der Waals surface area contributed by atoms with E-state index in [1.54, 1.807) is 11.2 Å². The fourth-order valence-corrected chi connectivity index (χ4v) is 1.67. The third-order valence-electron chi connectivity index (χ3n) is 1.82. The van der Waals surface area contributed by atoms with E-state index in [0.29, 0.717) is 6.42 Å². The third-order valence-corrected chi connectivity index (χ3v) is 1.82. The minimum Gasteiger partial charge on any atom is -0.295 e. The number of thiocarbonyl (C=S) groups is 1. The van der Waals surface area contributed by atoms with Crippen LogP contribution in [0.2, 0.25) is 0 Å². The van der Waals surface area contributed by atoms with Crippen LogP contribution in [0.1, 0.15) is 33.6 Å². The van der Waals surface area contributed by atoms with Gasteiger partial charge in [0.25, 0.3) is 0 Å². The van der Waals surface area contributed by atoms with Crippen molar-refractivity contribution < 1.29 is 4.79 Å². The van der Waals surface area contributed by atoms with Crippen molar-refractivity contribution in [3.05, 3.63) is 11.6 Å². The van der Waals surface area contributed by atoms with Gasteiger partial charge in [0.2, 0.25) is 0 Å². The Bertz CT molecular complexity index is 260. The number of carbonyl (C=O) groups is 1. The van der Waals surface area contributed by atoms with E-state index in [0.717, 1.165) is 6.42 Å². The molecule has 0 atom stereocenters. The second-order valence-corrected chi connectivity index (χ2v) is 4.28. The van der Waals surface area contributed by atoms with Gasteiger partial charge in [-0.05, 0) is 37.1 Å². The fraction of sp³-hybridized carbons (Fsp3) is 0.600. The van der Waals surface area contributed by atoms with Crippen LogP contribution in [0.5, 0.6) is 0 Å². The van der Waals surface area contributed by atoms with Gasteiger partial charge >= 0.3 is 0 Å². The van der Waals surface area contributed by atoms with E-state index in [-0.39, 0.29) is 11.2 Å². The molecule has 0 aromatic rings. The highest BCUT2D eigenvalue weighted by Crippen LogP contribution is 2.32. The Hall–Kier alpha value is -0.790. The van der Waals surface area contributed by atoms with E-state index in [2.05, 4.69) is 26.1 Å². The van der Waals surface area contributed by atoms with Crippen molar-refractivity contribution in [1.29, 1.82) is 5.41 Å². The number of allylic oxidation sites excluding steroid dienone is 2. The topological polar surface area (TPSA) is 40.9 Å². The van der Waals surface area contributed by atoms with Crippen molar-refractivity contribution in [2.45, 2.75) is 33.6 Å². The highest BCUT2D eigenvalue weighted by Gasteiger charge is 2.25. The fourth-order valence-electron chi connectivity index (χ4n) is 1.67. The van der Waals surface area contributed by atoms with Gasteiger partial charge in [0, 0.05) is 6.42 Å². The van der Waals surface area contributed by atoms with Crippen molar-refractivity contribution in [3.63, 3.8) is 0 Å². The second-order valence-electron chi connectivity index (χ2n) is 4.08. The van der Waals surface area contributed by atoms with E-state index in [1.165, 1.54) is 5.57 Å². The van der Waals surface area contributed by atoms with Crippen LogP contribution in [0, 0.1) is 10.8 Å². The molecule has 0 aromatic heterocycles. The SMILES string of the molecule is CC1=CC(=O)CC(C)(C)C1.N=C=S. The zero-order valence-corrected chi connectivity index (χ0v) is 9.12. The monoisotopic (exact) mass is 197 g/mol. The van der Waals surface area contributed by atoms with Gasteiger partial charge in [0.15, 0.2) is 5.78 Å². The lowest BCUT2D eigenvalue weighted by atomic mass is 9.77. The molecule has 72 valence electrons. The molecule has 1 aliphatic rings. The Balaban J connectivity index is 0.000000424. The van der Waals surface area contributed by atoms with E-state index < -0.39 is 0 Å². The standard InChI is InChI=1S/C9H14O.CHNS/c1-7-4-8(10)6-9(2,3)5-7;2-1-3/h4H,5-6H2,1-3H3;2H. The molecule has 1 aliphatic carbocycles. The van der Waals surface area contributed by atoms with Crippen LogP contribution in [0.15, 0.2) is 11.6 Å². The molecule has 0 unspecified atom stereocenters. The summed E-state index contributed by atoms with van der Waals surface area (Å²) in [6.07, 6.45) is 3.55. The van der Waals surface area contributed by atoms with Crippen molar-refractivity contribution in [2.24, 2.45) is 5.41 Å². The maximum Gasteiger partial charge on any atom is 0.156 e. The van der Waals surface area contributed by atoms with E-state index in [4.69, 9.17) is 5.41 Å². The summed E-state index contributed by atoms with van der Waals surface area (Å²) in [5, 5.41) is 7.36.